The molecule has 2 rings (SSSR count). The molecule has 4 nitrogen and oxygen atoms in total. The lowest BCUT2D eigenvalue weighted by Crippen LogP contribution is -2.19. The summed E-state index contributed by atoms with van der Waals surface area (Å²) in [5, 5.41) is 9.04. The highest BCUT2D eigenvalue weighted by atomic mass is 79.9. The Hall–Kier alpha value is -1.23. The van der Waals surface area contributed by atoms with Crippen LogP contribution < -0.4 is 9.47 Å². The van der Waals surface area contributed by atoms with E-state index in [1.807, 2.05) is 0 Å². The van der Waals surface area contributed by atoms with E-state index in [2.05, 4.69) is 15.9 Å². The van der Waals surface area contributed by atoms with Crippen LogP contribution in [0.3, 0.4) is 0 Å². The SMILES string of the molecule is CC(C(=O)O)c1c(Br)ccc2c1OCCO2. The van der Waals surface area contributed by atoms with Gasteiger partial charge in [0.05, 0.1) is 5.92 Å². The van der Waals surface area contributed by atoms with Gasteiger partial charge < -0.3 is 14.6 Å². The molecular weight excluding hydrogens is 276 g/mol. The fourth-order valence-corrected chi connectivity index (χ4v) is 2.30. The number of benzene rings is 1. The van der Waals surface area contributed by atoms with Crippen LogP contribution in [0.4, 0.5) is 0 Å². The van der Waals surface area contributed by atoms with Crippen LogP contribution in [0.5, 0.6) is 11.5 Å². The molecule has 1 atom stereocenters. The molecule has 1 heterocycles. The van der Waals surface area contributed by atoms with Crippen LogP contribution in [-0.2, 0) is 4.79 Å². The van der Waals surface area contributed by atoms with Crippen molar-refractivity contribution in [2.45, 2.75) is 12.8 Å². The monoisotopic (exact) mass is 286 g/mol. The molecule has 5 heteroatoms. The maximum absolute atomic E-state index is 11.0. The molecule has 0 saturated carbocycles. The average Bonchev–Trinajstić information content (AvgIpc) is 2.28. The van der Waals surface area contributed by atoms with Crippen LogP contribution >= 0.6 is 15.9 Å². The minimum atomic E-state index is -0.886. The highest BCUT2D eigenvalue weighted by molar-refractivity contribution is 9.10. The summed E-state index contributed by atoms with van der Waals surface area (Å²) in [5.41, 5.74) is 0.629. The highest BCUT2D eigenvalue weighted by Gasteiger charge is 2.26. The molecule has 0 radical (unpaired) electrons. The van der Waals surface area contributed by atoms with Gasteiger partial charge in [-0.25, -0.2) is 0 Å². The number of hydrogen-bond donors (Lipinski definition) is 1. The molecule has 0 saturated heterocycles. The Labute approximate surface area is 101 Å². The number of hydrogen-bond acceptors (Lipinski definition) is 3. The van der Waals surface area contributed by atoms with Gasteiger partial charge >= 0.3 is 5.97 Å². The number of carboxylic acid groups (broad SMARTS) is 1. The van der Waals surface area contributed by atoms with Gasteiger partial charge in [0.1, 0.15) is 13.2 Å². The van der Waals surface area contributed by atoms with Crippen LogP contribution in [0.1, 0.15) is 18.4 Å². The molecule has 0 fully saturated rings. The zero-order valence-electron chi connectivity index (χ0n) is 8.70. The third-order valence-corrected chi connectivity index (χ3v) is 3.19. The first-order valence-corrected chi connectivity index (χ1v) is 5.71. The van der Waals surface area contributed by atoms with Crippen molar-refractivity contribution in [3.8, 4) is 11.5 Å². The number of carboxylic acids is 1. The quantitative estimate of drug-likeness (QED) is 0.907. The van der Waals surface area contributed by atoms with Crippen molar-refractivity contribution >= 4 is 21.9 Å². The first-order chi connectivity index (χ1) is 7.61. The molecule has 0 amide bonds. The Morgan fingerprint density at radius 2 is 2.12 bits per heavy atom. The van der Waals surface area contributed by atoms with E-state index in [4.69, 9.17) is 14.6 Å². The van der Waals surface area contributed by atoms with Gasteiger partial charge in [0.25, 0.3) is 0 Å². The number of halogens is 1. The van der Waals surface area contributed by atoms with E-state index < -0.39 is 11.9 Å². The van der Waals surface area contributed by atoms with Gasteiger partial charge in [-0.05, 0) is 19.1 Å². The highest BCUT2D eigenvalue weighted by Crippen LogP contribution is 2.42. The van der Waals surface area contributed by atoms with Gasteiger partial charge in [-0.3, -0.25) is 4.79 Å². The Bertz CT molecular complexity index is 430. The van der Waals surface area contributed by atoms with Gasteiger partial charge in [0.15, 0.2) is 11.5 Å². The molecule has 1 unspecified atom stereocenters. The van der Waals surface area contributed by atoms with Crippen molar-refractivity contribution < 1.29 is 19.4 Å². The minimum Gasteiger partial charge on any atom is -0.486 e. The summed E-state index contributed by atoms with van der Waals surface area (Å²) >= 11 is 3.35. The molecule has 0 bridgehead atoms. The lowest BCUT2D eigenvalue weighted by molar-refractivity contribution is -0.138. The smallest absolute Gasteiger partial charge is 0.310 e. The molecule has 1 N–H and O–H groups in total. The van der Waals surface area contributed by atoms with Gasteiger partial charge in [-0.2, -0.15) is 0 Å². The van der Waals surface area contributed by atoms with Crippen molar-refractivity contribution in [1.29, 1.82) is 0 Å². The van der Waals surface area contributed by atoms with E-state index in [0.29, 0.717) is 30.3 Å². The van der Waals surface area contributed by atoms with Crippen LogP contribution in [0.25, 0.3) is 0 Å². The second-order valence-corrected chi connectivity index (χ2v) is 4.40. The summed E-state index contributed by atoms with van der Waals surface area (Å²) in [4.78, 5) is 11.0. The standard InChI is InChI=1S/C11H11BrO4/c1-6(11(13)14)9-7(12)2-3-8-10(9)16-5-4-15-8/h2-3,6H,4-5H2,1H3,(H,13,14). The molecule has 1 aromatic carbocycles. The molecule has 86 valence electrons. The van der Waals surface area contributed by atoms with E-state index in [9.17, 15) is 4.79 Å². The van der Waals surface area contributed by atoms with E-state index in [1.54, 1.807) is 19.1 Å². The molecule has 1 aliphatic rings. The zero-order valence-corrected chi connectivity index (χ0v) is 10.3. The number of rotatable bonds is 2. The van der Waals surface area contributed by atoms with Crippen molar-refractivity contribution in [1.82, 2.24) is 0 Å². The first kappa shape index (κ1) is 11.3. The topological polar surface area (TPSA) is 55.8 Å². The Balaban J connectivity index is 2.53. The van der Waals surface area contributed by atoms with Crippen molar-refractivity contribution in [2.75, 3.05) is 13.2 Å². The maximum atomic E-state index is 11.0. The fraction of sp³-hybridized carbons (Fsp3) is 0.364. The van der Waals surface area contributed by atoms with Crippen molar-refractivity contribution in [3.63, 3.8) is 0 Å². The van der Waals surface area contributed by atoms with Crippen LogP contribution in [0.15, 0.2) is 16.6 Å². The second-order valence-electron chi connectivity index (χ2n) is 3.55. The van der Waals surface area contributed by atoms with E-state index in [0.717, 1.165) is 4.47 Å². The molecular formula is C11H11BrO4. The summed E-state index contributed by atoms with van der Waals surface area (Å²) in [5.74, 6) is -0.373. The maximum Gasteiger partial charge on any atom is 0.310 e. The Morgan fingerprint density at radius 3 is 2.81 bits per heavy atom. The molecule has 1 aliphatic heterocycles. The lowest BCUT2D eigenvalue weighted by Gasteiger charge is -2.23. The van der Waals surface area contributed by atoms with Crippen LogP contribution in [-0.4, -0.2) is 24.3 Å². The second kappa shape index (κ2) is 4.33. The molecule has 0 aliphatic carbocycles. The third-order valence-electron chi connectivity index (χ3n) is 2.50. The van der Waals surface area contributed by atoms with Crippen molar-refractivity contribution in [3.05, 3.63) is 22.2 Å². The predicted molar refractivity (Wildman–Crippen MR) is 61.2 cm³/mol. The summed E-state index contributed by atoms with van der Waals surface area (Å²) in [6.07, 6.45) is 0. The van der Waals surface area contributed by atoms with Crippen LogP contribution in [0.2, 0.25) is 0 Å². The van der Waals surface area contributed by atoms with Crippen LogP contribution in [0, 0.1) is 0 Å². The molecule has 16 heavy (non-hydrogen) atoms. The van der Waals surface area contributed by atoms with E-state index in [-0.39, 0.29) is 0 Å². The van der Waals surface area contributed by atoms with Gasteiger partial charge in [0, 0.05) is 10.0 Å². The number of fused-ring (bicyclic) bond motifs is 1. The third kappa shape index (κ3) is 1.87. The lowest BCUT2D eigenvalue weighted by atomic mass is 9.99. The molecule has 1 aromatic rings. The van der Waals surface area contributed by atoms with Crippen molar-refractivity contribution in [2.24, 2.45) is 0 Å². The van der Waals surface area contributed by atoms with E-state index in [1.165, 1.54) is 0 Å². The van der Waals surface area contributed by atoms with Gasteiger partial charge in [-0.1, -0.05) is 15.9 Å². The summed E-state index contributed by atoms with van der Waals surface area (Å²) in [6.45, 7) is 2.57. The number of ether oxygens (including phenoxy) is 2. The minimum absolute atomic E-state index is 0.447. The average molecular weight is 287 g/mol. The number of carbonyl (C=O) groups is 1. The normalized spacial score (nSPS) is 15.6. The molecule has 0 spiro atoms. The Morgan fingerprint density at radius 1 is 1.44 bits per heavy atom. The predicted octanol–water partition coefficient (Wildman–Crippen LogP) is 2.41. The fourth-order valence-electron chi connectivity index (χ4n) is 1.64. The van der Waals surface area contributed by atoms with Gasteiger partial charge in [-0.15, -0.1) is 0 Å². The largest absolute Gasteiger partial charge is 0.486 e. The first-order valence-electron chi connectivity index (χ1n) is 4.92. The zero-order chi connectivity index (χ0) is 11.7. The molecule has 0 aromatic heterocycles. The number of aliphatic carboxylic acids is 1. The summed E-state index contributed by atoms with van der Waals surface area (Å²) in [6, 6.07) is 3.55. The Kier molecular flexibility index (Phi) is 3.05. The van der Waals surface area contributed by atoms with E-state index >= 15 is 0 Å². The van der Waals surface area contributed by atoms with Gasteiger partial charge in [0.2, 0.25) is 0 Å². The summed E-state index contributed by atoms with van der Waals surface area (Å²) < 4.78 is 11.6. The summed E-state index contributed by atoms with van der Waals surface area (Å²) in [7, 11) is 0.